The van der Waals surface area contributed by atoms with Crippen molar-refractivity contribution in [1.29, 1.82) is 0 Å². The molecule has 1 aliphatic heterocycles. The predicted molar refractivity (Wildman–Crippen MR) is 82.2 cm³/mol. The van der Waals surface area contributed by atoms with E-state index in [0.717, 1.165) is 6.42 Å². The average Bonchev–Trinajstić information content (AvgIpc) is 2.94. The quantitative estimate of drug-likeness (QED) is 0.798. The Bertz CT molecular complexity index is 824. The number of benzene rings is 1. The van der Waals surface area contributed by atoms with Gasteiger partial charge in [-0.15, -0.1) is 0 Å². The Labute approximate surface area is 147 Å². The van der Waals surface area contributed by atoms with Crippen LogP contribution in [0.2, 0.25) is 0 Å². The maximum absolute atomic E-state index is 13.3. The van der Waals surface area contributed by atoms with Crippen LogP contribution in [0.15, 0.2) is 23.1 Å². The van der Waals surface area contributed by atoms with Gasteiger partial charge in [-0.1, -0.05) is 12.8 Å². The Morgan fingerprint density at radius 1 is 1.19 bits per heavy atom. The molecule has 0 spiro atoms. The molecule has 1 aromatic carbocycles. The van der Waals surface area contributed by atoms with Crippen LogP contribution in [0, 0.1) is 11.7 Å². The number of fused-ring (bicyclic) bond motifs is 1. The minimum absolute atomic E-state index is 0.0712. The number of hydrogen-bond acceptors (Lipinski definition) is 3. The van der Waals surface area contributed by atoms with Crippen molar-refractivity contribution in [2.75, 3.05) is 0 Å². The first-order chi connectivity index (χ1) is 12.0. The molecule has 2 aliphatic rings. The minimum atomic E-state index is -5.09. The molecule has 1 heterocycles. The molecule has 1 N–H and O–H groups in total. The number of hydrogen-bond donors (Lipinski definition) is 1. The molecular formula is C16H17F4NO4S. The lowest BCUT2D eigenvalue weighted by Gasteiger charge is -2.32. The van der Waals surface area contributed by atoms with Gasteiger partial charge in [-0.2, -0.15) is 17.5 Å². The van der Waals surface area contributed by atoms with E-state index in [0.29, 0.717) is 35.7 Å². The number of alkyl halides is 3. The van der Waals surface area contributed by atoms with E-state index in [4.69, 9.17) is 0 Å². The smallest absolute Gasteiger partial charge is 0.417 e. The second-order valence-corrected chi connectivity index (χ2v) is 8.49. The van der Waals surface area contributed by atoms with Crippen molar-refractivity contribution in [3.8, 4) is 0 Å². The standard InChI is InChI=1S/C16H17F4NO4S/c17-10-5-6-14(11(8-10)16(18,19)20)26(24,25)21-12-4-2-1-3-9(12)7-13(21)15(22)23/h5-6,8-9,12-13H,1-4,7H2,(H,22,23). The van der Waals surface area contributed by atoms with Gasteiger partial charge < -0.3 is 5.11 Å². The van der Waals surface area contributed by atoms with Gasteiger partial charge in [0.15, 0.2) is 0 Å². The Morgan fingerprint density at radius 3 is 2.46 bits per heavy atom. The summed E-state index contributed by atoms with van der Waals surface area (Å²) >= 11 is 0. The third-order valence-corrected chi connectivity index (χ3v) is 7.11. The van der Waals surface area contributed by atoms with Gasteiger partial charge in [0.25, 0.3) is 0 Å². The Balaban J connectivity index is 2.14. The number of halogens is 4. The Hall–Kier alpha value is -1.68. The molecule has 0 amide bonds. The van der Waals surface area contributed by atoms with Gasteiger partial charge in [0, 0.05) is 6.04 Å². The van der Waals surface area contributed by atoms with E-state index in [9.17, 15) is 35.9 Å². The maximum Gasteiger partial charge on any atom is 0.417 e. The lowest BCUT2D eigenvalue weighted by atomic mass is 9.85. The fraction of sp³-hybridized carbons (Fsp3) is 0.562. The molecule has 3 unspecified atom stereocenters. The highest BCUT2D eigenvalue weighted by molar-refractivity contribution is 7.89. The fourth-order valence-corrected chi connectivity index (χ4v) is 6.10. The lowest BCUT2D eigenvalue weighted by Crippen LogP contribution is -2.46. The molecule has 0 bridgehead atoms. The first kappa shape index (κ1) is 19.1. The van der Waals surface area contributed by atoms with Gasteiger partial charge in [0.1, 0.15) is 11.9 Å². The number of carboxylic acids is 1. The number of aliphatic carboxylic acids is 1. The summed E-state index contributed by atoms with van der Waals surface area (Å²) in [6.07, 6.45) is -2.48. The molecule has 1 saturated heterocycles. The lowest BCUT2D eigenvalue weighted by molar-refractivity contribution is -0.141. The first-order valence-electron chi connectivity index (χ1n) is 8.16. The van der Waals surface area contributed by atoms with Gasteiger partial charge in [0.2, 0.25) is 10.0 Å². The number of rotatable bonds is 3. The molecule has 1 aliphatic carbocycles. The second-order valence-electron chi connectivity index (χ2n) is 6.67. The fourth-order valence-electron chi connectivity index (χ4n) is 4.04. The molecule has 5 nitrogen and oxygen atoms in total. The van der Waals surface area contributed by atoms with Crippen LogP contribution in [0.25, 0.3) is 0 Å². The van der Waals surface area contributed by atoms with E-state index in [2.05, 4.69) is 0 Å². The van der Waals surface area contributed by atoms with Crippen molar-refractivity contribution < 1.29 is 35.9 Å². The third kappa shape index (κ3) is 3.20. The van der Waals surface area contributed by atoms with Crippen LogP contribution in [0.5, 0.6) is 0 Å². The molecular weight excluding hydrogens is 378 g/mol. The molecule has 26 heavy (non-hydrogen) atoms. The number of carbonyl (C=O) groups is 1. The van der Waals surface area contributed by atoms with E-state index >= 15 is 0 Å². The summed E-state index contributed by atoms with van der Waals surface area (Å²) in [4.78, 5) is 10.5. The second kappa shape index (κ2) is 6.49. The van der Waals surface area contributed by atoms with E-state index < -0.39 is 50.5 Å². The minimum Gasteiger partial charge on any atom is -0.480 e. The van der Waals surface area contributed by atoms with Crippen LogP contribution in [0.4, 0.5) is 17.6 Å². The largest absolute Gasteiger partial charge is 0.480 e. The topological polar surface area (TPSA) is 74.7 Å². The maximum atomic E-state index is 13.3. The SMILES string of the molecule is O=C(O)C1CC2CCCCC2N1S(=O)(=O)c1ccc(F)cc1C(F)(F)F. The van der Waals surface area contributed by atoms with Crippen LogP contribution < -0.4 is 0 Å². The van der Waals surface area contributed by atoms with Crippen molar-refractivity contribution in [2.24, 2.45) is 5.92 Å². The van der Waals surface area contributed by atoms with Crippen molar-refractivity contribution in [3.05, 3.63) is 29.6 Å². The highest BCUT2D eigenvalue weighted by Gasteiger charge is 2.52. The van der Waals surface area contributed by atoms with Gasteiger partial charge in [-0.05, 0) is 43.4 Å². The molecule has 2 fully saturated rings. The summed E-state index contributed by atoms with van der Waals surface area (Å²) in [6.45, 7) is 0. The van der Waals surface area contributed by atoms with Gasteiger partial charge in [-0.3, -0.25) is 4.79 Å². The summed E-state index contributed by atoms with van der Waals surface area (Å²) < 4.78 is 79.9. The molecule has 3 atom stereocenters. The van der Waals surface area contributed by atoms with Crippen LogP contribution in [0.1, 0.15) is 37.7 Å². The first-order valence-corrected chi connectivity index (χ1v) is 9.60. The zero-order chi connectivity index (χ0) is 19.3. The van der Waals surface area contributed by atoms with Crippen LogP contribution in [-0.2, 0) is 21.0 Å². The van der Waals surface area contributed by atoms with Crippen molar-refractivity contribution in [1.82, 2.24) is 4.31 Å². The van der Waals surface area contributed by atoms with E-state index in [1.54, 1.807) is 0 Å². The zero-order valence-electron chi connectivity index (χ0n) is 13.5. The highest BCUT2D eigenvalue weighted by Crippen LogP contribution is 2.44. The monoisotopic (exact) mass is 395 g/mol. The van der Waals surface area contributed by atoms with Crippen LogP contribution in [0.3, 0.4) is 0 Å². The van der Waals surface area contributed by atoms with Crippen molar-refractivity contribution in [3.63, 3.8) is 0 Å². The van der Waals surface area contributed by atoms with Gasteiger partial charge >= 0.3 is 12.1 Å². The van der Waals surface area contributed by atoms with E-state index in [-0.39, 0.29) is 18.4 Å². The Morgan fingerprint density at radius 2 is 1.85 bits per heavy atom. The Kier molecular flexibility index (Phi) is 4.76. The summed E-state index contributed by atoms with van der Waals surface area (Å²) in [7, 11) is -4.77. The summed E-state index contributed by atoms with van der Waals surface area (Å²) in [5.74, 6) is -2.81. The zero-order valence-corrected chi connectivity index (χ0v) is 14.4. The molecule has 1 aromatic rings. The summed E-state index contributed by atoms with van der Waals surface area (Å²) in [5, 5.41) is 9.43. The van der Waals surface area contributed by atoms with E-state index in [1.165, 1.54) is 0 Å². The van der Waals surface area contributed by atoms with Crippen molar-refractivity contribution in [2.45, 2.75) is 55.3 Å². The molecule has 1 saturated carbocycles. The average molecular weight is 395 g/mol. The molecule has 0 radical (unpaired) electrons. The van der Waals surface area contributed by atoms with Crippen molar-refractivity contribution >= 4 is 16.0 Å². The molecule has 3 rings (SSSR count). The molecule has 10 heteroatoms. The van der Waals surface area contributed by atoms with Crippen LogP contribution >= 0.6 is 0 Å². The number of sulfonamides is 1. The van der Waals surface area contributed by atoms with Gasteiger partial charge in [-0.25, -0.2) is 12.8 Å². The summed E-state index contributed by atoms with van der Waals surface area (Å²) in [6, 6.07) is -0.758. The van der Waals surface area contributed by atoms with Gasteiger partial charge in [0.05, 0.1) is 10.5 Å². The van der Waals surface area contributed by atoms with Crippen LogP contribution in [-0.4, -0.2) is 35.9 Å². The number of nitrogens with zero attached hydrogens (tertiary/aromatic N) is 1. The predicted octanol–water partition coefficient (Wildman–Crippen LogP) is 3.25. The highest BCUT2D eigenvalue weighted by atomic mass is 32.2. The third-order valence-electron chi connectivity index (χ3n) is 5.12. The number of carboxylic acid groups (broad SMARTS) is 1. The van der Waals surface area contributed by atoms with E-state index in [1.807, 2.05) is 0 Å². The summed E-state index contributed by atoms with van der Waals surface area (Å²) in [5.41, 5.74) is -1.62. The normalized spacial score (nSPS) is 27.3. The molecule has 144 valence electrons. The molecule has 0 aromatic heterocycles.